The van der Waals surface area contributed by atoms with Crippen LogP contribution in [0.15, 0.2) is 0 Å². The second kappa shape index (κ2) is 6.75. The average Bonchev–Trinajstić information content (AvgIpc) is 2.17. The van der Waals surface area contributed by atoms with Crippen LogP contribution in [-0.2, 0) is 19.1 Å². The first-order chi connectivity index (χ1) is 7.42. The van der Waals surface area contributed by atoms with Crippen LogP contribution in [0.3, 0.4) is 0 Å². The Balaban J connectivity index is 4.66. The van der Waals surface area contributed by atoms with Crippen molar-refractivity contribution in [1.82, 2.24) is 4.90 Å². The molecule has 0 aliphatic rings. The van der Waals surface area contributed by atoms with Crippen molar-refractivity contribution >= 4 is 17.7 Å². The highest BCUT2D eigenvalue weighted by Crippen LogP contribution is 1.97. The van der Waals surface area contributed by atoms with Crippen LogP contribution in [0.4, 0.5) is 0 Å². The van der Waals surface area contributed by atoms with E-state index in [4.69, 9.17) is 21.9 Å². The molecule has 16 heavy (non-hydrogen) atoms. The lowest BCUT2D eigenvalue weighted by atomic mass is 10.3. The molecule has 0 aromatic rings. The van der Waals surface area contributed by atoms with Crippen LogP contribution in [0.2, 0.25) is 0 Å². The van der Waals surface area contributed by atoms with Gasteiger partial charge in [-0.1, -0.05) is 0 Å². The summed E-state index contributed by atoms with van der Waals surface area (Å²) >= 11 is 0. The third-order valence-corrected chi connectivity index (χ3v) is 1.78. The topological polar surface area (TPSA) is 142 Å². The first kappa shape index (κ1) is 14.3. The molecule has 0 fully saturated rings. The molecule has 0 heterocycles. The van der Waals surface area contributed by atoms with E-state index in [-0.39, 0.29) is 6.54 Å². The SMILES string of the molecule is COC(CN)C(=O)N(CC(N)=O)CC(N)=O. The van der Waals surface area contributed by atoms with Crippen molar-refractivity contribution in [3.05, 3.63) is 0 Å². The zero-order valence-electron chi connectivity index (χ0n) is 9.01. The number of carbonyl (C=O) groups excluding carboxylic acids is 3. The van der Waals surface area contributed by atoms with Gasteiger partial charge in [-0.25, -0.2) is 0 Å². The number of hydrogen-bond acceptors (Lipinski definition) is 5. The van der Waals surface area contributed by atoms with Gasteiger partial charge in [-0.3, -0.25) is 14.4 Å². The largest absolute Gasteiger partial charge is 0.370 e. The van der Waals surface area contributed by atoms with E-state index in [1.54, 1.807) is 0 Å². The molecular formula is C8H16N4O4. The Morgan fingerprint density at radius 1 is 1.19 bits per heavy atom. The minimum atomic E-state index is -0.918. The highest BCUT2D eigenvalue weighted by atomic mass is 16.5. The van der Waals surface area contributed by atoms with E-state index < -0.39 is 36.9 Å². The summed E-state index contributed by atoms with van der Waals surface area (Å²) in [5.74, 6) is -2.09. The van der Waals surface area contributed by atoms with Gasteiger partial charge >= 0.3 is 0 Å². The molecule has 0 saturated heterocycles. The molecule has 3 amide bonds. The van der Waals surface area contributed by atoms with E-state index in [0.717, 1.165) is 4.90 Å². The molecule has 0 rings (SSSR count). The molecule has 0 aliphatic carbocycles. The van der Waals surface area contributed by atoms with Crippen LogP contribution in [0.1, 0.15) is 0 Å². The Hall–Kier alpha value is -1.67. The van der Waals surface area contributed by atoms with Gasteiger partial charge in [0, 0.05) is 13.7 Å². The maximum Gasteiger partial charge on any atom is 0.253 e. The lowest BCUT2D eigenvalue weighted by Gasteiger charge is -2.23. The smallest absolute Gasteiger partial charge is 0.253 e. The second-order valence-electron chi connectivity index (χ2n) is 3.09. The first-order valence-electron chi connectivity index (χ1n) is 4.50. The van der Waals surface area contributed by atoms with Gasteiger partial charge in [0.05, 0.1) is 13.1 Å². The van der Waals surface area contributed by atoms with Crippen LogP contribution in [-0.4, -0.2) is 55.5 Å². The molecule has 0 aromatic heterocycles. The van der Waals surface area contributed by atoms with Crippen LogP contribution in [0.25, 0.3) is 0 Å². The molecule has 92 valence electrons. The van der Waals surface area contributed by atoms with E-state index in [1.165, 1.54) is 7.11 Å². The second-order valence-corrected chi connectivity index (χ2v) is 3.09. The molecular weight excluding hydrogens is 216 g/mol. The number of methoxy groups -OCH3 is 1. The van der Waals surface area contributed by atoms with E-state index >= 15 is 0 Å². The molecule has 0 bridgehead atoms. The van der Waals surface area contributed by atoms with Crippen LogP contribution in [0.5, 0.6) is 0 Å². The molecule has 0 spiro atoms. The van der Waals surface area contributed by atoms with Gasteiger partial charge in [-0.05, 0) is 0 Å². The summed E-state index contributed by atoms with van der Waals surface area (Å²) in [6.07, 6.45) is -0.918. The number of rotatable bonds is 7. The van der Waals surface area contributed by atoms with E-state index in [0.29, 0.717) is 0 Å². The number of ether oxygens (including phenoxy) is 1. The molecule has 1 unspecified atom stereocenters. The standard InChI is InChI=1S/C8H16N4O4/c1-16-5(2-9)8(15)12(3-6(10)13)4-7(11)14/h5H,2-4,9H2,1H3,(H2,10,13)(H2,11,14). The quantitative estimate of drug-likeness (QED) is 0.422. The Kier molecular flexibility index (Phi) is 6.04. The number of hydrogen-bond donors (Lipinski definition) is 3. The number of nitrogens with two attached hydrogens (primary N) is 3. The minimum Gasteiger partial charge on any atom is -0.370 e. The zero-order valence-corrected chi connectivity index (χ0v) is 9.01. The lowest BCUT2D eigenvalue weighted by Crippen LogP contribution is -2.49. The lowest BCUT2D eigenvalue weighted by molar-refractivity contribution is -0.145. The van der Waals surface area contributed by atoms with E-state index in [2.05, 4.69) is 0 Å². The Bertz CT molecular complexity index is 261. The Labute approximate surface area is 92.7 Å². The summed E-state index contributed by atoms with van der Waals surface area (Å²) in [6, 6.07) is 0. The van der Waals surface area contributed by atoms with Gasteiger partial charge in [0.15, 0.2) is 0 Å². The van der Waals surface area contributed by atoms with Crippen molar-refractivity contribution in [2.45, 2.75) is 6.10 Å². The van der Waals surface area contributed by atoms with Crippen molar-refractivity contribution < 1.29 is 19.1 Å². The molecule has 8 nitrogen and oxygen atoms in total. The molecule has 8 heteroatoms. The van der Waals surface area contributed by atoms with Gasteiger partial charge in [0.2, 0.25) is 11.8 Å². The normalized spacial score (nSPS) is 11.9. The first-order valence-corrected chi connectivity index (χ1v) is 4.50. The van der Waals surface area contributed by atoms with Gasteiger partial charge in [0.25, 0.3) is 5.91 Å². The van der Waals surface area contributed by atoms with Crippen molar-refractivity contribution in [1.29, 1.82) is 0 Å². The molecule has 1 atom stereocenters. The summed E-state index contributed by atoms with van der Waals surface area (Å²) in [5, 5.41) is 0. The van der Waals surface area contributed by atoms with Crippen molar-refractivity contribution in [3.63, 3.8) is 0 Å². The maximum absolute atomic E-state index is 11.7. The van der Waals surface area contributed by atoms with Gasteiger partial charge in [0.1, 0.15) is 6.10 Å². The third kappa shape index (κ3) is 4.71. The third-order valence-electron chi connectivity index (χ3n) is 1.78. The van der Waals surface area contributed by atoms with Gasteiger partial charge in [-0.15, -0.1) is 0 Å². The summed E-state index contributed by atoms with van der Waals surface area (Å²) < 4.78 is 4.78. The average molecular weight is 232 g/mol. The van der Waals surface area contributed by atoms with Crippen molar-refractivity contribution in [2.75, 3.05) is 26.7 Å². The number of carbonyl (C=O) groups is 3. The Morgan fingerprint density at radius 2 is 1.62 bits per heavy atom. The van der Waals surface area contributed by atoms with Crippen LogP contribution < -0.4 is 17.2 Å². The maximum atomic E-state index is 11.7. The summed E-state index contributed by atoms with van der Waals surface area (Å²) in [4.78, 5) is 34.0. The summed E-state index contributed by atoms with van der Waals surface area (Å²) in [5.41, 5.74) is 15.1. The predicted octanol–water partition coefficient (Wildman–Crippen LogP) is -3.24. The Morgan fingerprint density at radius 3 is 1.88 bits per heavy atom. The van der Waals surface area contributed by atoms with Gasteiger partial charge < -0.3 is 26.8 Å². The summed E-state index contributed by atoms with van der Waals surface area (Å²) in [6.45, 7) is -0.868. The molecule has 0 radical (unpaired) electrons. The fourth-order valence-electron chi connectivity index (χ4n) is 1.09. The van der Waals surface area contributed by atoms with Crippen LogP contribution >= 0.6 is 0 Å². The molecule has 0 saturated carbocycles. The fraction of sp³-hybridized carbons (Fsp3) is 0.625. The number of amides is 3. The highest BCUT2D eigenvalue weighted by Gasteiger charge is 2.25. The van der Waals surface area contributed by atoms with Crippen molar-refractivity contribution in [2.24, 2.45) is 17.2 Å². The minimum absolute atomic E-state index is 0.0661. The monoisotopic (exact) mass is 232 g/mol. The summed E-state index contributed by atoms with van der Waals surface area (Å²) in [7, 11) is 1.29. The van der Waals surface area contributed by atoms with Crippen molar-refractivity contribution in [3.8, 4) is 0 Å². The van der Waals surface area contributed by atoms with Crippen LogP contribution in [0, 0.1) is 0 Å². The highest BCUT2D eigenvalue weighted by molar-refractivity contribution is 5.90. The van der Waals surface area contributed by atoms with Gasteiger partial charge in [-0.2, -0.15) is 0 Å². The van der Waals surface area contributed by atoms with E-state index in [9.17, 15) is 14.4 Å². The molecule has 6 N–H and O–H groups in total. The molecule has 0 aromatic carbocycles. The number of nitrogens with zero attached hydrogens (tertiary/aromatic N) is 1. The zero-order chi connectivity index (χ0) is 12.7. The number of primary amides is 2. The van der Waals surface area contributed by atoms with E-state index in [1.807, 2.05) is 0 Å². The predicted molar refractivity (Wildman–Crippen MR) is 54.8 cm³/mol. The fourth-order valence-corrected chi connectivity index (χ4v) is 1.09. The molecule has 0 aliphatic heterocycles.